The van der Waals surface area contributed by atoms with Crippen molar-refractivity contribution < 1.29 is 0 Å². The van der Waals surface area contributed by atoms with E-state index in [2.05, 4.69) is 113 Å². The van der Waals surface area contributed by atoms with Gasteiger partial charge in [-0.2, -0.15) is 0 Å². The molecule has 45 heavy (non-hydrogen) atoms. The van der Waals surface area contributed by atoms with Gasteiger partial charge in [0, 0.05) is 39.7 Å². The molecular weight excluding hydrogens is 548 g/mol. The highest BCUT2D eigenvalue weighted by Crippen LogP contribution is 2.43. The lowest BCUT2D eigenvalue weighted by atomic mass is 10.0. The smallest absolute Gasteiger partial charge is 0.154 e. The van der Waals surface area contributed by atoms with Crippen molar-refractivity contribution in [3.63, 3.8) is 0 Å². The molecule has 0 bridgehead atoms. The summed E-state index contributed by atoms with van der Waals surface area (Å²) in [7, 11) is 0. The Kier molecular flexibility index (Phi) is 7.54. The molecule has 4 nitrogen and oxygen atoms in total. The maximum atomic E-state index is 5.14. The average Bonchev–Trinajstić information content (AvgIpc) is 3.56. The monoisotopic (exact) mass is 582 g/mol. The molecule has 0 N–H and O–H groups in total. The van der Waals surface area contributed by atoms with Crippen LogP contribution in [0.15, 0.2) is 146 Å². The fraction of sp³-hybridized carbons (Fsp3) is 0.0732. The molecule has 8 rings (SSSR count). The number of benzene rings is 4. The van der Waals surface area contributed by atoms with Crippen LogP contribution >= 0.6 is 0 Å². The Morgan fingerprint density at radius 3 is 2.51 bits per heavy atom. The van der Waals surface area contributed by atoms with Crippen LogP contribution in [0.5, 0.6) is 0 Å². The number of allylic oxidation sites excluding steroid dienone is 10. The van der Waals surface area contributed by atoms with Crippen molar-refractivity contribution in [2.24, 2.45) is 0 Å². The summed E-state index contributed by atoms with van der Waals surface area (Å²) in [4.78, 5) is 10.1. The molecular formula is C41H34N4. The van der Waals surface area contributed by atoms with Crippen LogP contribution in [0.3, 0.4) is 0 Å². The number of hydrogen-bond acceptors (Lipinski definition) is 2. The van der Waals surface area contributed by atoms with Crippen molar-refractivity contribution >= 4 is 55.3 Å². The summed E-state index contributed by atoms with van der Waals surface area (Å²) in [5.74, 6) is 1.48. The van der Waals surface area contributed by atoms with Gasteiger partial charge in [0.25, 0.3) is 0 Å². The molecule has 1 aliphatic rings. The molecule has 0 aliphatic heterocycles. The lowest BCUT2D eigenvalue weighted by Gasteiger charge is -2.12. The number of nitrogens with zero attached hydrogens (tertiary/aromatic N) is 4. The van der Waals surface area contributed by atoms with E-state index in [1.54, 1.807) is 6.08 Å². The minimum atomic E-state index is 0.648. The van der Waals surface area contributed by atoms with Gasteiger partial charge in [-0.1, -0.05) is 118 Å². The molecule has 0 spiro atoms. The first-order valence-electron chi connectivity index (χ1n) is 15.5. The van der Waals surface area contributed by atoms with Gasteiger partial charge in [0.2, 0.25) is 0 Å². The van der Waals surface area contributed by atoms with Gasteiger partial charge in [-0.25, -0.2) is 9.97 Å². The molecule has 0 atom stereocenters. The van der Waals surface area contributed by atoms with Crippen molar-refractivity contribution in [1.29, 1.82) is 0 Å². The number of rotatable bonds is 6. The van der Waals surface area contributed by atoms with Gasteiger partial charge in [0.05, 0.1) is 22.2 Å². The Labute approximate surface area is 263 Å². The zero-order valence-corrected chi connectivity index (χ0v) is 25.6. The lowest BCUT2D eigenvalue weighted by molar-refractivity contribution is 1.03. The molecule has 0 amide bonds. The van der Waals surface area contributed by atoms with Crippen LogP contribution in [0.2, 0.25) is 0 Å². The average molecular weight is 583 g/mol. The molecule has 3 aromatic heterocycles. The topological polar surface area (TPSA) is 35.6 Å². The van der Waals surface area contributed by atoms with E-state index in [-0.39, 0.29) is 0 Å². The molecule has 0 unspecified atom stereocenters. The highest BCUT2D eigenvalue weighted by atomic mass is 15.1. The standard InChI is InChI=1S/C39H28N4.C2H6/c1-2-3-4-12-20-35-40-32(27-14-8-7-9-15-27)26-36(41-35)43-33-19-13-16-28-21-22-29-25-34-31(39(43)38(29)37(28)33)23-24-42(34)30-17-10-5-6-11-18-30;1-2/h2-5,7-26H,1,6H2;1-2H3/b4-3-,20-12+;. The van der Waals surface area contributed by atoms with Crippen molar-refractivity contribution in [3.8, 4) is 17.1 Å². The Morgan fingerprint density at radius 1 is 0.778 bits per heavy atom. The zero-order valence-electron chi connectivity index (χ0n) is 25.6. The van der Waals surface area contributed by atoms with Crippen LogP contribution in [0, 0.1) is 0 Å². The SMILES string of the molecule is C=C/C=C\C=C\c1nc(-c2ccccc2)cc(-n2c3cccc4ccc5cc6c(ccn6C6=CC=CCC=C6)c2c5c43)n1.CC. The van der Waals surface area contributed by atoms with Gasteiger partial charge in [-0.15, -0.1) is 0 Å². The first-order valence-corrected chi connectivity index (χ1v) is 15.5. The molecule has 0 fully saturated rings. The van der Waals surface area contributed by atoms with E-state index in [0.717, 1.165) is 45.7 Å². The third kappa shape index (κ3) is 4.91. The number of hydrogen-bond donors (Lipinski definition) is 0. The third-order valence-corrected chi connectivity index (χ3v) is 8.10. The highest BCUT2D eigenvalue weighted by molar-refractivity contribution is 6.30. The summed E-state index contributed by atoms with van der Waals surface area (Å²) in [5, 5.41) is 6.14. The summed E-state index contributed by atoms with van der Waals surface area (Å²) in [6.45, 7) is 7.77. The highest BCUT2D eigenvalue weighted by Gasteiger charge is 2.22. The molecule has 1 aliphatic carbocycles. The first kappa shape index (κ1) is 28.1. The van der Waals surface area contributed by atoms with Crippen LogP contribution in [0.25, 0.3) is 72.3 Å². The van der Waals surface area contributed by atoms with Crippen molar-refractivity contribution in [2.45, 2.75) is 20.3 Å². The van der Waals surface area contributed by atoms with Gasteiger partial charge < -0.3 is 4.57 Å². The maximum absolute atomic E-state index is 5.14. The quantitative estimate of drug-likeness (QED) is 0.144. The van der Waals surface area contributed by atoms with E-state index >= 15 is 0 Å². The van der Waals surface area contributed by atoms with Crippen LogP contribution < -0.4 is 0 Å². The summed E-state index contributed by atoms with van der Waals surface area (Å²) >= 11 is 0. The predicted octanol–water partition coefficient (Wildman–Crippen LogP) is 10.9. The molecule has 218 valence electrons. The lowest BCUT2D eigenvalue weighted by Crippen LogP contribution is -2.02. The summed E-state index contributed by atoms with van der Waals surface area (Å²) in [5.41, 5.74) is 6.53. The molecule has 0 saturated carbocycles. The fourth-order valence-electron chi connectivity index (χ4n) is 6.24. The van der Waals surface area contributed by atoms with Gasteiger partial charge in [0.1, 0.15) is 5.82 Å². The van der Waals surface area contributed by atoms with E-state index in [0.29, 0.717) is 5.82 Å². The van der Waals surface area contributed by atoms with E-state index in [1.165, 1.54) is 26.9 Å². The second-order valence-electron chi connectivity index (χ2n) is 10.7. The largest absolute Gasteiger partial charge is 0.316 e. The molecule has 3 heterocycles. The molecule has 4 aromatic carbocycles. The summed E-state index contributed by atoms with van der Waals surface area (Å²) in [6, 6.07) is 28.0. The van der Waals surface area contributed by atoms with E-state index < -0.39 is 0 Å². The van der Waals surface area contributed by atoms with Crippen LogP contribution in [0.4, 0.5) is 0 Å². The van der Waals surface area contributed by atoms with E-state index in [4.69, 9.17) is 9.97 Å². The molecule has 7 aromatic rings. The second-order valence-corrected chi connectivity index (χ2v) is 10.7. The minimum Gasteiger partial charge on any atom is -0.316 e. The van der Waals surface area contributed by atoms with Gasteiger partial charge in [-0.3, -0.25) is 4.57 Å². The molecule has 0 saturated heterocycles. The first-order chi connectivity index (χ1) is 22.3. The molecule has 4 heteroatoms. The van der Waals surface area contributed by atoms with Crippen molar-refractivity contribution in [2.75, 3.05) is 0 Å². The van der Waals surface area contributed by atoms with Crippen LogP contribution in [0.1, 0.15) is 26.1 Å². The fourth-order valence-corrected chi connectivity index (χ4v) is 6.24. The number of fused-ring (bicyclic) bond motifs is 2. The summed E-state index contributed by atoms with van der Waals surface area (Å²) in [6.07, 6.45) is 23.5. The molecule has 0 radical (unpaired) electrons. The summed E-state index contributed by atoms with van der Waals surface area (Å²) < 4.78 is 4.62. The Morgan fingerprint density at radius 2 is 1.64 bits per heavy atom. The van der Waals surface area contributed by atoms with E-state index in [1.807, 2.05) is 56.4 Å². The van der Waals surface area contributed by atoms with Gasteiger partial charge in [-0.05, 0) is 53.6 Å². The van der Waals surface area contributed by atoms with E-state index in [9.17, 15) is 0 Å². The predicted molar refractivity (Wildman–Crippen MR) is 193 cm³/mol. The zero-order chi connectivity index (χ0) is 30.8. The Hall–Kier alpha value is -5.74. The van der Waals surface area contributed by atoms with Crippen LogP contribution in [-0.4, -0.2) is 19.1 Å². The minimum absolute atomic E-state index is 0.648. The normalized spacial score (nSPS) is 13.3. The number of aromatic nitrogens is 4. The van der Waals surface area contributed by atoms with Crippen molar-refractivity contribution in [3.05, 3.63) is 152 Å². The Bertz CT molecular complexity index is 2320. The second kappa shape index (κ2) is 12.1. The van der Waals surface area contributed by atoms with Crippen LogP contribution in [-0.2, 0) is 0 Å². The van der Waals surface area contributed by atoms with Gasteiger partial charge in [0.15, 0.2) is 5.82 Å². The maximum Gasteiger partial charge on any atom is 0.154 e. The third-order valence-electron chi connectivity index (χ3n) is 8.10. The van der Waals surface area contributed by atoms with Gasteiger partial charge >= 0.3 is 0 Å². The van der Waals surface area contributed by atoms with Crippen molar-refractivity contribution in [1.82, 2.24) is 19.1 Å². The Balaban J connectivity index is 0.00000160.